The van der Waals surface area contributed by atoms with Crippen LogP contribution in [-0.4, -0.2) is 30.4 Å². The molecule has 0 fully saturated rings. The summed E-state index contributed by atoms with van der Waals surface area (Å²) in [5.41, 5.74) is 2.78. The minimum Gasteiger partial charge on any atom is -0.475 e. The summed E-state index contributed by atoms with van der Waals surface area (Å²) < 4.78 is 3.45. The molecule has 1 aliphatic heterocycles. The fourth-order valence-electron chi connectivity index (χ4n) is 2.13. The van der Waals surface area contributed by atoms with E-state index in [-0.39, 0.29) is 5.82 Å². The van der Waals surface area contributed by atoms with E-state index in [0.717, 1.165) is 23.4 Å². The second-order valence-electron chi connectivity index (χ2n) is 3.85. The summed E-state index contributed by atoms with van der Waals surface area (Å²) >= 11 is 0. The van der Waals surface area contributed by atoms with Crippen LogP contribution in [-0.2, 0) is 20.0 Å². The number of carboxylic acids is 1. The number of carboxylic acid groups (broad SMARTS) is 1. The Balaban J connectivity index is 2.22. The van der Waals surface area contributed by atoms with Crippen molar-refractivity contribution in [2.45, 2.75) is 13.0 Å². The molecule has 82 valence electrons. The van der Waals surface area contributed by atoms with Crippen LogP contribution in [0.15, 0.2) is 12.4 Å². The third kappa shape index (κ3) is 1.09. The summed E-state index contributed by atoms with van der Waals surface area (Å²) in [4.78, 5) is 14.9. The van der Waals surface area contributed by atoms with Crippen LogP contribution < -0.4 is 0 Å². The second kappa shape index (κ2) is 2.94. The normalized spacial score (nSPS) is 13.3. The molecule has 0 aromatic carbocycles. The fourth-order valence-corrected chi connectivity index (χ4v) is 2.13. The van der Waals surface area contributed by atoms with Gasteiger partial charge in [-0.1, -0.05) is 0 Å². The molecule has 3 rings (SSSR count). The second-order valence-corrected chi connectivity index (χ2v) is 3.85. The Kier molecular flexibility index (Phi) is 1.68. The van der Waals surface area contributed by atoms with E-state index in [2.05, 4.69) is 10.1 Å². The molecule has 6 heteroatoms. The SMILES string of the molecule is Cn1cc2c(n1)-c1cnc(C(=O)O)n1CC2. The maximum atomic E-state index is 10.9. The molecule has 16 heavy (non-hydrogen) atoms. The highest BCUT2D eigenvalue weighted by atomic mass is 16.4. The zero-order valence-electron chi connectivity index (χ0n) is 8.71. The number of hydrogen-bond donors (Lipinski definition) is 1. The summed E-state index contributed by atoms with van der Waals surface area (Å²) in [6.45, 7) is 0.648. The molecule has 0 radical (unpaired) electrons. The highest BCUT2D eigenvalue weighted by Crippen LogP contribution is 2.28. The van der Waals surface area contributed by atoms with E-state index in [9.17, 15) is 4.79 Å². The molecule has 0 bridgehead atoms. The molecule has 3 heterocycles. The Labute approximate surface area is 91.1 Å². The maximum Gasteiger partial charge on any atom is 0.372 e. The first-order valence-electron chi connectivity index (χ1n) is 4.98. The minimum absolute atomic E-state index is 0.0892. The van der Waals surface area contributed by atoms with Crippen molar-refractivity contribution in [3.8, 4) is 11.4 Å². The smallest absolute Gasteiger partial charge is 0.372 e. The van der Waals surface area contributed by atoms with Crippen molar-refractivity contribution in [1.29, 1.82) is 0 Å². The van der Waals surface area contributed by atoms with Gasteiger partial charge in [0.25, 0.3) is 0 Å². The van der Waals surface area contributed by atoms with E-state index in [0.29, 0.717) is 6.54 Å². The Hall–Kier alpha value is -2.11. The lowest BCUT2D eigenvalue weighted by atomic mass is 10.1. The van der Waals surface area contributed by atoms with Crippen molar-refractivity contribution in [2.24, 2.45) is 7.05 Å². The topological polar surface area (TPSA) is 72.9 Å². The van der Waals surface area contributed by atoms with Crippen molar-refractivity contribution in [3.63, 3.8) is 0 Å². The molecule has 1 N–H and O–H groups in total. The summed E-state index contributed by atoms with van der Waals surface area (Å²) in [6, 6.07) is 0. The predicted molar refractivity (Wildman–Crippen MR) is 55.1 cm³/mol. The van der Waals surface area contributed by atoms with Crippen LogP contribution in [0.3, 0.4) is 0 Å². The predicted octanol–water partition coefficient (Wildman–Crippen LogP) is 0.538. The van der Waals surface area contributed by atoms with Gasteiger partial charge in [0, 0.05) is 25.4 Å². The quantitative estimate of drug-likeness (QED) is 0.758. The molecule has 0 amide bonds. The van der Waals surface area contributed by atoms with Crippen molar-refractivity contribution >= 4 is 5.97 Å². The summed E-state index contributed by atoms with van der Waals surface area (Å²) in [5, 5.41) is 13.3. The molecule has 0 spiro atoms. The molecular weight excluding hydrogens is 208 g/mol. The van der Waals surface area contributed by atoms with E-state index in [4.69, 9.17) is 5.11 Å². The van der Waals surface area contributed by atoms with Gasteiger partial charge >= 0.3 is 5.97 Å². The van der Waals surface area contributed by atoms with Crippen LogP contribution in [0.2, 0.25) is 0 Å². The lowest BCUT2D eigenvalue weighted by molar-refractivity contribution is 0.0678. The van der Waals surface area contributed by atoms with Gasteiger partial charge < -0.3 is 9.67 Å². The van der Waals surface area contributed by atoms with Gasteiger partial charge in [0.15, 0.2) is 0 Å². The summed E-state index contributed by atoms with van der Waals surface area (Å²) in [6.07, 6.45) is 4.34. The number of rotatable bonds is 1. The fraction of sp³-hybridized carbons (Fsp3) is 0.300. The lowest BCUT2D eigenvalue weighted by Gasteiger charge is -2.14. The standard InChI is InChI=1S/C10H10N4O2/c1-13-5-6-2-3-14-7(8(6)12-13)4-11-9(14)10(15)16/h4-5H,2-3H2,1H3,(H,15,16). The Morgan fingerprint density at radius 1 is 1.56 bits per heavy atom. The summed E-state index contributed by atoms with van der Waals surface area (Å²) in [5.74, 6) is -0.906. The third-order valence-electron chi connectivity index (χ3n) is 2.80. The first kappa shape index (κ1) is 9.14. The van der Waals surface area contributed by atoms with Crippen LogP contribution >= 0.6 is 0 Å². The molecule has 0 unspecified atom stereocenters. The van der Waals surface area contributed by atoms with Gasteiger partial charge in [-0.15, -0.1) is 0 Å². The number of aryl methyl sites for hydroxylation is 2. The van der Waals surface area contributed by atoms with Gasteiger partial charge in [-0.25, -0.2) is 9.78 Å². The van der Waals surface area contributed by atoms with Gasteiger partial charge in [-0.05, 0) is 6.42 Å². The Morgan fingerprint density at radius 2 is 2.38 bits per heavy atom. The molecule has 6 nitrogen and oxygen atoms in total. The molecule has 0 saturated carbocycles. The molecule has 0 saturated heterocycles. The molecule has 2 aromatic heterocycles. The number of fused-ring (bicyclic) bond motifs is 3. The lowest BCUT2D eigenvalue weighted by Crippen LogP contribution is -2.15. The van der Waals surface area contributed by atoms with Gasteiger partial charge in [0.05, 0.1) is 11.9 Å². The van der Waals surface area contributed by atoms with Crippen LogP contribution in [0, 0.1) is 0 Å². The number of nitrogens with zero attached hydrogens (tertiary/aromatic N) is 4. The molecule has 0 aliphatic carbocycles. The van der Waals surface area contributed by atoms with E-state index in [1.54, 1.807) is 15.4 Å². The maximum absolute atomic E-state index is 10.9. The number of carbonyl (C=O) groups is 1. The number of aromatic nitrogens is 4. The minimum atomic E-state index is -0.995. The van der Waals surface area contributed by atoms with E-state index >= 15 is 0 Å². The van der Waals surface area contributed by atoms with Crippen molar-refractivity contribution < 1.29 is 9.90 Å². The van der Waals surface area contributed by atoms with Crippen LogP contribution in [0.1, 0.15) is 16.2 Å². The van der Waals surface area contributed by atoms with Gasteiger partial charge in [-0.2, -0.15) is 5.10 Å². The highest BCUT2D eigenvalue weighted by molar-refractivity contribution is 5.85. The molecule has 2 aromatic rings. The average molecular weight is 218 g/mol. The average Bonchev–Trinajstić information content (AvgIpc) is 2.77. The third-order valence-corrected chi connectivity index (χ3v) is 2.80. The van der Waals surface area contributed by atoms with Gasteiger partial charge in [-0.3, -0.25) is 4.68 Å². The number of hydrogen-bond acceptors (Lipinski definition) is 3. The van der Waals surface area contributed by atoms with E-state index < -0.39 is 5.97 Å². The van der Waals surface area contributed by atoms with E-state index in [1.807, 2.05) is 13.2 Å². The Bertz CT molecular complexity index is 582. The first-order chi connectivity index (χ1) is 7.66. The monoisotopic (exact) mass is 218 g/mol. The highest BCUT2D eigenvalue weighted by Gasteiger charge is 2.24. The first-order valence-corrected chi connectivity index (χ1v) is 4.98. The largest absolute Gasteiger partial charge is 0.475 e. The van der Waals surface area contributed by atoms with E-state index in [1.165, 1.54) is 0 Å². The molecule has 0 atom stereocenters. The number of aromatic carboxylic acids is 1. The van der Waals surface area contributed by atoms with Gasteiger partial charge in [0.2, 0.25) is 5.82 Å². The number of imidazole rings is 1. The van der Waals surface area contributed by atoms with Crippen LogP contribution in [0.4, 0.5) is 0 Å². The van der Waals surface area contributed by atoms with Crippen LogP contribution in [0.5, 0.6) is 0 Å². The van der Waals surface area contributed by atoms with Crippen molar-refractivity contribution in [3.05, 3.63) is 23.8 Å². The molecule has 1 aliphatic rings. The molecular formula is C10H10N4O2. The van der Waals surface area contributed by atoms with Crippen LogP contribution in [0.25, 0.3) is 11.4 Å². The Morgan fingerprint density at radius 3 is 3.12 bits per heavy atom. The van der Waals surface area contributed by atoms with Crippen molar-refractivity contribution in [2.75, 3.05) is 0 Å². The zero-order chi connectivity index (χ0) is 11.3. The van der Waals surface area contributed by atoms with Crippen molar-refractivity contribution in [1.82, 2.24) is 19.3 Å². The summed E-state index contributed by atoms with van der Waals surface area (Å²) in [7, 11) is 1.86. The zero-order valence-corrected chi connectivity index (χ0v) is 8.71. The van der Waals surface area contributed by atoms with Gasteiger partial charge in [0.1, 0.15) is 5.69 Å².